The van der Waals surface area contributed by atoms with Gasteiger partial charge in [0, 0.05) is 22.8 Å². The first-order valence-electron chi connectivity index (χ1n) is 10.6. The molecule has 9 heteroatoms. The van der Waals surface area contributed by atoms with Crippen LogP contribution in [0.15, 0.2) is 70.5 Å². The van der Waals surface area contributed by atoms with E-state index in [4.69, 9.17) is 4.42 Å². The van der Waals surface area contributed by atoms with Crippen LogP contribution in [-0.2, 0) is 18.7 Å². The van der Waals surface area contributed by atoms with E-state index in [-0.39, 0.29) is 0 Å². The van der Waals surface area contributed by atoms with Gasteiger partial charge in [0.05, 0.1) is 17.2 Å². The Kier molecular flexibility index (Phi) is 6.32. The number of pyridine rings is 1. The number of benzene rings is 1. The lowest BCUT2D eigenvalue weighted by atomic mass is 10.2. The van der Waals surface area contributed by atoms with Gasteiger partial charge >= 0.3 is 0 Å². The van der Waals surface area contributed by atoms with Crippen molar-refractivity contribution in [3.8, 4) is 22.2 Å². The Hall–Kier alpha value is -3.30. The first kappa shape index (κ1) is 21.5. The molecule has 1 aromatic carbocycles. The van der Waals surface area contributed by atoms with E-state index < -0.39 is 0 Å². The van der Waals surface area contributed by atoms with Gasteiger partial charge in [0.2, 0.25) is 5.89 Å². The molecule has 0 aliphatic carbocycles. The molecule has 0 aliphatic rings. The summed E-state index contributed by atoms with van der Waals surface area (Å²) >= 11 is 3.24. The zero-order chi connectivity index (χ0) is 22.6. The second-order valence-corrected chi connectivity index (χ2v) is 9.56. The van der Waals surface area contributed by atoms with Crippen molar-refractivity contribution in [2.45, 2.75) is 37.7 Å². The maximum Gasteiger partial charge on any atom is 0.257 e. The molecule has 0 aliphatic heterocycles. The summed E-state index contributed by atoms with van der Waals surface area (Å²) in [6.07, 6.45) is 4.56. The highest BCUT2D eigenvalue weighted by Crippen LogP contribution is 2.32. The van der Waals surface area contributed by atoms with Crippen LogP contribution in [0.25, 0.3) is 22.2 Å². The summed E-state index contributed by atoms with van der Waals surface area (Å²) in [4.78, 5) is 6.59. The molecule has 166 valence electrons. The molecule has 4 heterocycles. The van der Waals surface area contributed by atoms with Crippen molar-refractivity contribution >= 4 is 23.1 Å². The predicted octanol–water partition coefficient (Wildman–Crippen LogP) is 5.66. The number of hydrogen-bond acceptors (Lipinski definition) is 8. The molecule has 0 radical (unpaired) electrons. The third-order valence-corrected chi connectivity index (χ3v) is 7.49. The molecule has 0 spiro atoms. The largest absolute Gasteiger partial charge is 0.419 e. The maximum atomic E-state index is 5.95. The zero-order valence-electron chi connectivity index (χ0n) is 18.3. The van der Waals surface area contributed by atoms with E-state index in [2.05, 4.69) is 62.0 Å². The lowest BCUT2D eigenvalue weighted by molar-refractivity contribution is 0.529. The monoisotopic (exact) mass is 474 g/mol. The van der Waals surface area contributed by atoms with Crippen molar-refractivity contribution in [3.05, 3.63) is 82.8 Å². The van der Waals surface area contributed by atoms with Crippen molar-refractivity contribution < 1.29 is 4.42 Å². The van der Waals surface area contributed by atoms with Crippen molar-refractivity contribution in [2.75, 3.05) is 0 Å². The summed E-state index contributed by atoms with van der Waals surface area (Å²) in [5.74, 6) is 2.43. The highest BCUT2D eigenvalue weighted by Gasteiger charge is 2.18. The molecular formula is C24H22N6OS2. The molecule has 0 bridgehead atoms. The number of nitrogens with zero attached hydrogens (tertiary/aromatic N) is 6. The fraction of sp³-hybridized carbons (Fsp3) is 0.208. The summed E-state index contributed by atoms with van der Waals surface area (Å²) in [5.41, 5.74) is 3.36. The van der Waals surface area contributed by atoms with Crippen LogP contribution in [0, 0.1) is 6.92 Å². The zero-order valence-corrected chi connectivity index (χ0v) is 19.9. The smallest absolute Gasteiger partial charge is 0.257 e. The fourth-order valence-corrected chi connectivity index (χ4v) is 5.34. The van der Waals surface area contributed by atoms with E-state index >= 15 is 0 Å². The van der Waals surface area contributed by atoms with Gasteiger partial charge in [-0.3, -0.25) is 9.55 Å². The van der Waals surface area contributed by atoms with Gasteiger partial charge in [-0.2, -0.15) is 0 Å². The lowest BCUT2D eigenvalue weighted by Crippen LogP contribution is -2.04. The SMILES string of the molecule is CCc1sc(-c2nnc(CSc3nnc(-c4cccnc4)n3Cc3ccccc3)o2)cc1C. The van der Waals surface area contributed by atoms with E-state index in [1.54, 1.807) is 23.7 Å². The highest BCUT2D eigenvalue weighted by molar-refractivity contribution is 7.98. The number of rotatable bonds is 8. The second kappa shape index (κ2) is 9.68. The van der Waals surface area contributed by atoms with Gasteiger partial charge in [-0.15, -0.1) is 31.7 Å². The van der Waals surface area contributed by atoms with E-state index in [1.807, 2.05) is 30.3 Å². The quantitative estimate of drug-likeness (QED) is 0.268. The molecule has 4 aromatic heterocycles. The number of thioether (sulfide) groups is 1. The summed E-state index contributed by atoms with van der Waals surface area (Å²) in [6, 6.07) is 16.3. The van der Waals surface area contributed by atoms with Gasteiger partial charge in [-0.1, -0.05) is 49.0 Å². The molecule has 0 amide bonds. The van der Waals surface area contributed by atoms with Gasteiger partial charge in [0.1, 0.15) is 0 Å². The third kappa shape index (κ3) is 4.74. The summed E-state index contributed by atoms with van der Waals surface area (Å²) in [7, 11) is 0. The Balaban J connectivity index is 1.38. The van der Waals surface area contributed by atoms with Gasteiger partial charge in [-0.05, 0) is 42.7 Å². The maximum absolute atomic E-state index is 5.95. The molecule has 5 aromatic rings. The summed E-state index contributed by atoms with van der Waals surface area (Å²) in [6.45, 7) is 4.93. The van der Waals surface area contributed by atoms with Crippen LogP contribution in [0.5, 0.6) is 0 Å². The van der Waals surface area contributed by atoms with Crippen LogP contribution in [0.2, 0.25) is 0 Å². The summed E-state index contributed by atoms with van der Waals surface area (Å²) < 4.78 is 8.06. The van der Waals surface area contributed by atoms with E-state index in [0.717, 1.165) is 27.8 Å². The Morgan fingerprint density at radius 1 is 1.03 bits per heavy atom. The molecule has 0 saturated heterocycles. The minimum absolute atomic E-state index is 0.512. The average Bonchev–Trinajstić information content (AvgIpc) is 3.57. The van der Waals surface area contributed by atoms with Crippen LogP contribution < -0.4 is 0 Å². The van der Waals surface area contributed by atoms with E-state index in [0.29, 0.717) is 24.1 Å². The minimum Gasteiger partial charge on any atom is -0.419 e. The third-order valence-electron chi connectivity index (χ3n) is 5.16. The van der Waals surface area contributed by atoms with Crippen LogP contribution in [0.4, 0.5) is 0 Å². The Labute approximate surface area is 199 Å². The first-order chi connectivity index (χ1) is 16.2. The van der Waals surface area contributed by atoms with Gasteiger partial charge in [0.25, 0.3) is 5.89 Å². The number of aromatic nitrogens is 6. The molecule has 7 nitrogen and oxygen atoms in total. The van der Waals surface area contributed by atoms with Gasteiger partial charge in [0.15, 0.2) is 11.0 Å². The van der Waals surface area contributed by atoms with Crippen LogP contribution >= 0.6 is 23.1 Å². The summed E-state index contributed by atoms with van der Waals surface area (Å²) in [5, 5.41) is 18.2. The Morgan fingerprint density at radius 3 is 2.67 bits per heavy atom. The standard InChI is InChI=1S/C24H22N6OS2/c1-3-19-16(2)12-20(33-19)23-28-26-21(31-23)15-32-24-29-27-22(18-10-7-11-25-13-18)30(24)14-17-8-5-4-6-9-17/h4-13H,3,14-15H2,1-2H3. The molecule has 0 atom stereocenters. The number of thiophene rings is 1. The van der Waals surface area contributed by atoms with Gasteiger partial charge < -0.3 is 4.42 Å². The number of aryl methyl sites for hydroxylation is 2. The second-order valence-electron chi connectivity index (χ2n) is 7.48. The van der Waals surface area contributed by atoms with Crippen molar-refractivity contribution in [1.82, 2.24) is 29.9 Å². The van der Waals surface area contributed by atoms with Crippen molar-refractivity contribution in [3.63, 3.8) is 0 Å². The molecule has 0 N–H and O–H groups in total. The predicted molar refractivity (Wildman–Crippen MR) is 130 cm³/mol. The normalized spacial score (nSPS) is 11.2. The van der Waals surface area contributed by atoms with Crippen LogP contribution in [0.1, 0.15) is 28.8 Å². The Bertz CT molecular complexity index is 1340. The van der Waals surface area contributed by atoms with E-state index in [9.17, 15) is 0 Å². The number of hydrogen-bond donors (Lipinski definition) is 0. The minimum atomic E-state index is 0.512. The van der Waals surface area contributed by atoms with E-state index in [1.165, 1.54) is 27.8 Å². The topological polar surface area (TPSA) is 82.5 Å². The highest BCUT2D eigenvalue weighted by atomic mass is 32.2. The average molecular weight is 475 g/mol. The Morgan fingerprint density at radius 2 is 1.91 bits per heavy atom. The molecule has 0 unspecified atom stereocenters. The van der Waals surface area contributed by atoms with Crippen molar-refractivity contribution in [1.29, 1.82) is 0 Å². The lowest BCUT2D eigenvalue weighted by Gasteiger charge is -2.10. The van der Waals surface area contributed by atoms with Crippen LogP contribution in [0.3, 0.4) is 0 Å². The van der Waals surface area contributed by atoms with Crippen LogP contribution in [-0.4, -0.2) is 29.9 Å². The molecule has 5 rings (SSSR count). The molecular weight excluding hydrogens is 452 g/mol. The molecule has 0 saturated carbocycles. The molecule has 0 fully saturated rings. The molecule has 33 heavy (non-hydrogen) atoms. The van der Waals surface area contributed by atoms with Gasteiger partial charge in [-0.25, -0.2) is 0 Å². The fourth-order valence-electron chi connectivity index (χ4n) is 3.53. The van der Waals surface area contributed by atoms with Crippen molar-refractivity contribution in [2.24, 2.45) is 0 Å². The first-order valence-corrected chi connectivity index (χ1v) is 12.4.